The average Bonchev–Trinajstić information content (AvgIpc) is 2.21. The first-order valence-corrected chi connectivity index (χ1v) is 4.18. The Morgan fingerprint density at radius 2 is 2.29 bits per heavy atom. The van der Waals surface area contributed by atoms with Crippen LogP contribution in [-0.2, 0) is 6.54 Å². The van der Waals surface area contributed by atoms with Crippen molar-refractivity contribution in [2.75, 3.05) is 0 Å². The molecule has 0 N–H and O–H groups in total. The van der Waals surface area contributed by atoms with E-state index in [1.54, 1.807) is 19.2 Å². The maximum absolute atomic E-state index is 11.5. The van der Waals surface area contributed by atoms with Crippen LogP contribution in [0.4, 0.5) is 0 Å². The van der Waals surface area contributed by atoms with Crippen molar-refractivity contribution in [3.05, 3.63) is 34.2 Å². The molecule has 0 aromatic carbocycles. The van der Waals surface area contributed by atoms with Gasteiger partial charge in [-0.1, -0.05) is 0 Å². The number of pyridine rings is 1. The molecule has 0 amide bonds. The minimum absolute atomic E-state index is 0.109. The fourth-order valence-electron chi connectivity index (χ4n) is 1.10. The van der Waals surface area contributed by atoms with E-state index >= 15 is 0 Å². The largest absolute Gasteiger partial charge is 0.313 e. The van der Waals surface area contributed by atoms with E-state index in [0.29, 0.717) is 6.54 Å². The van der Waals surface area contributed by atoms with E-state index in [9.17, 15) is 4.79 Å². The lowest BCUT2D eigenvalue weighted by Gasteiger charge is -2.05. The summed E-state index contributed by atoms with van der Waals surface area (Å²) in [5.74, 6) is -0.235. The molecular weight excluding hydrogens is 178 g/mol. The highest BCUT2D eigenvalue weighted by molar-refractivity contribution is 5.24. The van der Waals surface area contributed by atoms with E-state index in [4.69, 9.17) is 10.5 Å². The Labute approximate surface area is 81.6 Å². The third kappa shape index (κ3) is 1.99. The Morgan fingerprint density at radius 3 is 2.86 bits per heavy atom. The van der Waals surface area contributed by atoms with Gasteiger partial charge in [-0.3, -0.25) is 4.79 Å². The number of hydrogen-bond donors (Lipinski definition) is 0. The molecule has 0 fully saturated rings. The number of nitrogens with zero attached hydrogens (tertiary/aromatic N) is 3. The van der Waals surface area contributed by atoms with Crippen molar-refractivity contribution in [2.45, 2.75) is 13.5 Å². The zero-order valence-electron chi connectivity index (χ0n) is 7.77. The summed E-state index contributed by atoms with van der Waals surface area (Å²) in [5.41, 5.74) is -0.227. The molecular formula is C10H9N3O. The molecule has 1 aromatic rings. The number of hydrogen-bond acceptors (Lipinski definition) is 3. The second-order valence-electron chi connectivity index (χ2n) is 3.02. The highest BCUT2D eigenvalue weighted by Gasteiger charge is 2.05. The molecule has 4 nitrogen and oxygen atoms in total. The van der Waals surface area contributed by atoms with Crippen LogP contribution in [0.15, 0.2) is 23.1 Å². The van der Waals surface area contributed by atoms with Crippen molar-refractivity contribution in [3.8, 4) is 12.1 Å². The molecule has 70 valence electrons. The zero-order chi connectivity index (χ0) is 10.6. The maximum Gasteiger partial charge on any atom is 0.268 e. The summed E-state index contributed by atoms with van der Waals surface area (Å²) in [6.07, 6.45) is 1.58. The predicted molar refractivity (Wildman–Crippen MR) is 50.2 cm³/mol. The van der Waals surface area contributed by atoms with E-state index in [1.807, 2.05) is 12.1 Å². The van der Waals surface area contributed by atoms with E-state index in [1.165, 1.54) is 10.6 Å². The average molecular weight is 187 g/mol. The first-order chi connectivity index (χ1) is 6.69. The second-order valence-corrected chi connectivity index (χ2v) is 3.02. The van der Waals surface area contributed by atoms with Crippen LogP contribution in [0.25, 0.3) is 0 Å². The Hall–Kier alpha value is -2.07. The van der Waals surface area contributed by atoms with E-state index in [2.05, 4.69) is 0 Å². The summed E-state index contributed by atoms with van der Waals surface area (Å²) in [4.78, 5) is 11.5. The number of aromatic nitrogens is 1. The van der Waals surface area contributed by atoms with Crippen LogP contribution in [0.5, 0.6) is 0 Å². The van der Waals surface area contributed by atoms with Crippen molar-refractivity contribution in [1.29, 1.82) is 10.5 Å². The molecule has 4 heteroatoms. The number of nitriles is 2. The molecule has 0 bridgehead atoms. The number of rotatable bonds is 2. The lowest BCUT2D eigenvalue weighted by Crippen LogP contribution is -2.23. The first kappa shape index (κ1) is 10.0. The lowest BCUT2D eigenvalue weighted by molar-refractivity contribution is 0.563. The second kappa shape index (κ2) is 4.25. The van der Waals surface area contributed by atoms with Gasteiger partial charge < -0.3 is 4.57 Å². The Kier molecular flexibility index (Phi) is 3.04. The van der Waals surface area contributed by atoms with E-state index in [0.717, 1.165) is 0 Å². The summed E-state index contributed by atoms with van der Waals surface area (Å²) >= 11 is 0. The Morgan fingerprint density at radius 1 is 1.57 bits per heavy atom. The maximum atomic E-state index is 11.5. The van der Waals surface area contributed by atoms with Gasteiger partial charge in [0.05, 0.1) is 12.0 Å². The third-order valence-corrected chi connectivity index (χ3v) is 1.83. The van der Waals surface area contributed by atoms with E-state index < -0.39 is 0 Å². The van der Waals surface area contributed by atoms with E-state index in [-0.39, 0.29) is 17.0 Å². The van der Waals surface area contributed by atoms with Crippen molar-refractivity contribution in [3.63, 3.8) is 0 Å². The van der Waals surface area contributed by atoms with Gasteiger partial charge in [0.2, 0.25) is 0 Å². The summed E-state index contributed by atoms with van der Waals surface area (Å²) in [7, 11) is 0. The van der Waals surface area contributed by atoms with Crippen LogP contribution < -0.4 is 5.56 Å². The summed E-state index contributed by atoms with van der Waals surface area (Å²) in [5, 5.41) is 17.2. The minimum Gasteiger partial charge on any atom is -0.313 e. The molecule has 0 saturated heterocycles. The molecule has 1 atom stereocenters. The Bertz CT molecular complexity index is 461. The highest BCUT2D eigenvalue weighted by atomic mass is 16.1. The predicted octanol–water partition coefficient (Wildman–Crippen LogP) is 0.880. The van der Waals surface area contributed by atoms with Gasteiger partial charge in [0.1, 0.15) is 11.6 Å². The fourth-order valence-corrected chi connectivity index (χ4v) is 1.10. The van der Waals surface area contributed by atoms with Crippen LogP contribution in [0, 0.1) is 28.6 Å². The molecule has 0 aliphatic heterocycles. The molecule has 0 aliphatic carbocycles. The summed E-state index contributed by atoms with van der Waals surface area (Å²) in [6.45, 7) is 2.05. The van der Waals surface area contributed by atoms with Crippen molar-refractivity contribution < 1.29 is 0 Å². The van der Waals surface area contributed by atoms with Gasteiger partial charge in [-0.05, 0) is 19.1 Å². The van der Waals surface area contributed by atoms with Crippen molar-refractivity contribution in [1.82, 2.24) is 4.57 Å². The fraction of sp³-hybridized carbons (Fsp3) is 0.300. The quantitative estimate of drug-likeness (QED) is 0.690. The van der Waals surface area contributed by atoms with Gasteiger partial charge in [0.15, 0.2) is 0 Å². The topological polar surface area (TPSA) is 69.6 Å². The smallest absolute Gasteiger partial charge is 0.268 e. The molecule has 14 heavy (non-hydrogen) atoms. The molecule has 1 aromatic heterocycles. The molecule has 1 heterocycles. The normalized spacial score (nSPS) is 11.4. The van der Waals surface area contributed by atoms with Gasteiger partial charge in [0.25, 0.3) is 5.56 Å². The van der Waals surface area contributed by atoms with Crippen LogP contribution in [0.2, 0.25) is 0 Å². The van der Waals surface area contributed by atoms with Gasteiger partial charge in [-0.25, -0.2) is 0 Å². The third-order valence-electron chi connectivity index (χ3n) is 1.83. The first-order valence-electron chi connectivity index (χ1n) is 4.18. The summed E-state index contributed by atoms with van der Waals surface area (Å²) in [6, 6.07) is 6.94. The molecule has 1 rings (SSSR count). The van der Waals surface area contributed by atoms with Gasteiger partial charge in [-0.15, -0.1) is 0 Å². The van der Waals surface area contributed by atoms with Gasteiger partial charge >= 0.3 is 0 Å². The van der Waals surface area contributed by atoms with Crippen LogP contribution >= 0.6 is 0 Å². The molecule has 0 spiro atoms. The Balaban J connectivity index is 3.08. The molecule has 0 aliphatic rings. The summed E-state index contributed by atoms with van der Waals surface area (Å²) < 4.78 is 1.38. The van der Waals surface area contributed by atoms with Crippen molar-refractivity contribution >= 4 is 0 Å². The van der Waals surface area contributed by atoms with Crippen LogP contribution in [0.3, 0.4) is 0 Å². The minimum atomic E-state index is -0.336. The highest BCUT2D eigenvalue weighted by Crippen LogP contribution is 1.97. The zero-order valence-corrected chi connectivity index (χ0v) is 7.77. The van der Waals surface area contributed by atoms with Crippen LogP contribution in [-0.4, -0.2) is 4.57 Å². The molecule has 1 unspecified atom stereocenters. The molecule has 0 radical (unpaired) electrons. The molecule has 0 saturated carbocycles. The standard InChI is InChI=1S/C10H9N3O/c1-8(5-11)7-13-4-2-3-9(6-12)10(13)14/h2-4,8H,7H2,1H3. The van der Waals surface area contributed by atoms with Crippen molar-refractivity contribution in [2.24, 2.45) is 5.92 Å². The monoisotopic (exact) mass is 187 g/mol. The van der Waals surface area contributed by atoms with Gasteiger partial charge in [-0.2, -0.15) is 10.5 Å². The SMILES string of the molecule is CC(C#N)Cn1cccc(C#N)c1=O. The van der Waals surface area contributed by atoms with Gasteiger partial charge in [0, 0.05) is 12.7 Å². The lowest BCUT2D eigenvalue weighted by atomic mass is 10.2. The van der Waals surface area contributed by atoms with Crippen LogP contribution in [0.1, 0.15) is 12.5 Å².